The van der Waals surface area contributed by atoms with Gasteiger partial charge < -0.3 is 9.47 Å². The molecule has 0 spiro atoms. The molecule has 0 amide bonds. The van der Waals surface area contributed by atoms with Gasteiger partial charge in [-0.3, -0.25) is 9.59 Å². The lowest BCUT2D eigenvalue weighted by Gasteiger charge is -2.59. The predicted molar refractivity (Wildman–Crippen MR) is 121 cm³/mol. The summed E-state index contributed by atoms with van der Waals surface area (Å²) >= 11 is 0. The third kappa shape index (κ3) is 3.76. The van der Waals surface area contributed by atoms with Gasteiger partial charge in [0.2, 0.25) is 0 Å². The van der Waals surface area contributed by atoms with Crippen molar-refractivity contribution in [3.63, 3.8) is 0 Å². The monoisotopic (exact) mass is 442 g/mol. The molecule has 32 heavy (non-hydrogen) atoms. The normalized spacial score (nSPS) is 41.8. The van der Waals surface area contributed by atoms with E-state index in [1.807, 2.05) is 13.0 Å². The Labute approximate surface area is 192 Å². The molecule has 3 saturated carbocycles. The van der Waals surface area contributed by atoms with Crippen molar-refractivity contribution in [3.8, 4) is 0 Å². The number of rotatable bonds is 6. The second kappa shape index (κ2) is 8.79. The molecule has 5 nitrogen and oxygen atoms in total. The highest BCUT2D eigenvalue weighted by Crippen LogP contribution is 2.67. The molecule has 176 valence electrons. The van der Waals surface area contributed by atoms with E-state index < -0.39 is 0 Å². The molecule has 0 heterocycles. The predicted octanol–water partition coefficient (Wildman–Crippen LogP) is 5.04. The summed E-state index contributed by atoms with van der Waals surface area (Å²) in [7, 11) is 0. The Kier molecular flexibility index (Phi) is 6.39. The molecule has 8 atom stereocenters. The van der Waals surface area contributed by atoms with Gasteiger partial charge in [-0.1, -0.05) is 26.8 Å². The van der Waals surface area contributed by atoms with Crippen LogP contribution in [0.4, 0.5) is 0 Å². The lowest BCUT2D eigenvalue weighted by molar-refractivity contribution is -0.142. The molecular weight excluding hydrogens is 404 g/mol. The molecule has 0 bridgehead atoms. The summed E-state index contributed by atoms with van der Waals surface area (Å²) < 4.78 is 10.7. The summed E-state index contributed by atoms with van der Waals surface area (Å²) in [5, 5.41) is 0. The molecule has 3 fully saturated rings. The first kappa shape index (κ1) is 23.3. The number of carbonyl (C=O) groups is 3. The SMILES string of the molecule is CCOC(=O)/C=C/[C@@H](C)C1CCC2C3C[C@@H](OC=O)C4=CC(=O)CC[C@]4(C)C3CC[C@@]21C. The van der Waals surface area contributed by atoms with Crippen LogP contribution in [0, 0.1) is 40.4 Å². The van der Waals surface area contributed by atoms with Gasteiger partial charge >= 0.3 is 5.97 Å². The van der Waals surface area contributed by atoms with Crippen molar-refractivity contribution in [2.75, 3.05) is 6.61 Å². The molecule has 0 aliphatic heterocycles. The third-order valence-corrected chi connectivity index (χ3v) is 9.71. The zero-order valence-electron chi connectivity index (χ0n) is 20.0. The minimum Gasteiger partial charge on any atom is -0.463 e. The van der Waals surface area contributed by atoms with E-state index in [9.17, 15) is 14.4 Å². The maximum Gasteiger partial charge on any atom is 0.330 e. The van der Waals surface area contributed by atoms with E-state index in [1.165, 1.54) is 12.8 Å². The number of esters is 1. The smallest absolute Gasteiger partial charge is 0.330 e. The van der Waals surface area contributed by atoms with Gasteiger partial charge in [0, 0.05) is 12.5 Å². The Hall–Kier alpha value is -1.91. The fourth-order valence-corrected chi connectivity index (χ4v) is 8.23. The molecule has 0 aromatic heterocycles. The number of hydrogen-bond donors (Lipinski definition) is 0. The summed E-state index contributed by atoms with van der Waals surface area (Å²) in [5.41, 5.74) is 1.22. The Morgan fingerprint density at radius 2 is 2.00 bits per heavy atom. The number of fused-ring (bicyclic) bond motifs is 5. The minimum atomic E-state index is -0.273. The van der Waals surface area contributed by atoms with Crippen molar-refractivity contribution in [1.29, 1.82) is 0 Å². The summed E-state index contributed by atoms with van der Waals surface area (Å²) in [4.78, 5) is 35.4. The van der Waals surface area contributed by atoms with Gasteiger partial charge in [0.1, 0.15) is 6.10 Å². The Morgan fingerprint density at radius 3 is 2.72 bits per heavy atom. The second-order valence-corrected chi connectivity index (χ2v) is 11.0. The third-order valence-electron chi connectivity index (χ3n) is 9.71. The molecule has 0 aromatic rings. The Bertz CT molecular complexity index is 828. The fourth-order valence-electron chi connectivity index (χ4n) is 8.23. The van der Waals surface area contributed by atoms with Gasteiger partial charge in [0.05, 0.1) is 6.61 Å². The van der Waals surface area contributed by atoms with Crippen LogP contribution in [0.2, 0.25) is 0 Å². The molecule has 5 heteroatoms. The first-order chi connectivity index (χ1) is 15.2. The van der Waals surface area contributed by atoms with Gasteiger partial charge in [0.25, 0.3) is 6.47 Å². The second-order valence-electron chi connectivity index (χ2n) is 11.0. The van der Waals surface area contributed by atoms with Crippen LogP contribution in [0.3, 0.4) is 0 Å². The van der Waals surface area contributed by atoms with Gasteiger partial charge in [-0.2, -0.15) is 0 Å². The number of ketones is 1. The molecule has 0 radical (unpaired) electrons. The maximum absolute atomic E-state index is 12.2. The summed E-state index contributed by atoms with van der Waals surface area (Å²) in [6.07, 6.45) is 12.1. The number of allylic oxidation sites excluding steroid dienone is 1. The number of ether oxygens (including phenoxy) is 2. The molecule has 0 saturated heterocycles. The van der Waals surface area contributed by atoms with Crippen molar-refractivity contribution in [1.82, 2.24) is 0 Å². The van der Waals surface area contributed by atoms with E-state index in [1.54, 1.807) is 12.2 Å². The van der Waals surface area contributed by atoms with Crippen molar-refractivity contribution in [2.24, 2.45) is 40.4 Å². The molecule has 0 aromatic carbocycles. The largest absolute Gasteiger partial charge is 0.463 e. The highest BCUT2D eigenvalue weighted by atomic mass is 16.5. The fraction of sp³-hybridized carbons (Fsp3) is 0.741. The van der Waals surface area contributed by atoms with E-state index in [-0.39, 0.29) is 28.7 Å². The van der Waals surface area contributed by atoms with Crippen LogP contribution in [-0.2, 0) is 23.9 Å². The molecule has 4 unspecified atom stereocenters. The van der Waals surface area contributed by atoms with E-state index in [0.29, 0.717) is 49.1 Å². The van der Waals surface area contributed by atoms with Crippen molar-refractivity contribution < 1.29 is 23.9 Å². The van der Waals surface area contributed by atoms with Crippen LogP contribution in [0.25, 0.3) is 0 Å². The molecular formula is C27H38O5. The first-order valence-corrected chi connectivity index (χ1v) is 12.4. The summed E-state index contributed by atoms with van der Waals surface area (Å²) in [5.74, 6) is 2.37. The maximum atomic E-state index is 12.2. The Morgan fingerprint density at radius 1 is 1.22 bits per heavy atom. The zero-order chi connectivity index (χ0) is 23.1. The van der Waals surface area contributed by atoms with Gasteiger partial charge in [-0.05, 0) is 97.5 Å². The van der Waals surface area contributed by atoms with E-state index in [0.717, 1.165) is 31.3 Å². The quantitative estimate of drug-likeness (QED) is 0.327. The lowest BCUT2D eigenvalue weighted by atomic mass is 9.46. The standard InChI is InChI=1S/C27H38O5/c1-5-31-25(30)9-6-17(2)20-7-8-21-19-15-24(32-16-28)23-14-18(29)10-12-27(23,4)22(19)11-13-26(20,21)3/h6,9,14,16-17,19-22,24H,5,7-8,10-13,15H2,1-4H3/b9-6+/t17-,19?,20?,21?,22?,24-,26-,27-/m1/s1. The van der Waals surface area contributed by atoms with Crippen molar-refractivity contribution >= 4 is 18.2 Å². The van der Waals surface area contributed by atoms with Gasteiger partial charge in [0.15, 0.2) is 5.78 Å². The highest BCUT2D eigenvalue weighted by molar-refractivity contribution is 5.92. The summed E-state index contributed by atoms with van der Waals surface area (Å²) in [6, 6.07) is 0. The van der Waals surface area contributed by atoms with Crippen molar-refractivity contribution in [2.45, 2.75) is 78.7 Å². The topological polar surface area (TPSA) is 69.7 Å². The Balaban J connectivity index is 1.59. The van der Waals surface area contributed by atoms with Crippen LogP contribution in [-0.4, -0.2) is 30.9 Å². The number of hydrogen-bond acceptors (Lipinski definition) is 5. The molecule has 4 aliphatic rings. The lowest BCUT2D eigenvalue weighted by Crippen LogP contribution is -2.54. The van der Waals surface area contributed by atoms with Crippen LogP contribution >= 0.6 is 0 Å². The van der Waals surface area contributed by atoms with Crippen LogP contribution < -0.4 is 0 Å². The number of carbonyl (C=O) groups excluding carboxylic acids is 3. The van der Waals surface area contributed by atoms with Gasteiger partial charge in [-0.15, -0.1) is 0 Å². The zero-order valence-corrected chi connectivity index (χ0v) is 20.0. The van der Waals surface area contributed by atoms with E-state index >= 15 is 0 Å². The van der Waals surface area contributed by atoms with Gasteiger partial charge in [-0.25, -0.2) is 4.79 Å². The van der Waals surface area contributed by atoms with E-state index in [4.69, 9.17) is 9.47 Å². The van der Waals surface area contributed by atoms with Crippen LogP contribution in [0.5, 0.6) is 0 Å². The average Bonchev–Trinajstić information content (AvgIpc) is 3.11. The van der Waals surface area contributed by atoms with Crippen LogP contribution in [0.1, 0.15) is 72.6 Å². The summed E-state index contributed by atoms with van der Waals surface area (Å²) in [6.45, 7) is 9.78. The molecule has 4 rings (SSSR count). The van der Waals surface area contributed by atoms with Crippen LogP contribution in [0.15, 0.2) is 23.8 Å². The van der Waals surface area contributed by atoms with Crippen molar-refractivity contribution in [3.05, 3.63) is 23.8 Å². The minimum absolute atomic E-state index is 0.0562. The van der Waals surface area contributed by atoms with E-state index in [2.05, 4.69) is 20.8 Å². The average molecular weight is 443 g/mol. The highest BCUT2D eigenvalue weighted by Gasteiger charge is 2.61. The molecule has 4 aliphatic carbocycles. The molecule has 0 N–H and O–H groups in total. The first-order valence-electron chi connectivity index (χ1n) is 12.4.